The van der Waals surface area contributed by atoms with E-state index in [1.54, 1.807) is 20.1 Å². The van der Waals surface area contributed by atoms with Gasteiger partial charge in [-0.25, -0.2) is 4.79 Å². The van der Waals surface area contributed by atoms with Crippen LogP contribution in [0.4, 0.5) is 0 Å². The Bertz CT molecular complexity index is 735. The first-order valence-electron chi connectivity index (χ1n) is 10.2. The van der Waals surface area contributed by atoms with Gasteiger partial charge < -0.3 is 37.6 Å². The van der Waals surface area contributed by atoms with Crippen molar-refractivity contribution in [3.63, 3.8) is 0 Å². The summed E-state index contributed by atoms with van der Waals surface area (Å²) in [6.07, 6.45) is 1.07. The van der Waals surface area contributed by atoms with Gasteiger partial charge in [-0.3, -0.25) is 24.0 Å². The van der Waals surface area contributed by atoms with Crippen LogP contribution < -0.4 is 27.4 Å². The van der Waals surface area contributed by atoms with Crippen LogP contribution in [-0.4, -0.2) is 82.0 Å². The summed E-state index contributed by atoms with van der Waals surface area (Å²) in [5.41, 5.74) is 10.6. The summed E-state index contributed by atoms with van der Waals surface area (Å²) in [5.74, 6) is -6.09. The summed E-state index contributed by atoms with van der Waals surface area (Å²) >= 11 is 1.39. The molecule has 5 atom stereocenters. The molecule has 0 aromatic rings. The molecular weight excluding hydrogens is 458 g/mol. The second-order valence-corrected chi connectivity index (χ2v) is 8.47. The van der Waals surface area contributed by atoms with Crippen molar-refractivity contribution in [3.05, 3.63) is 0 Å². The molecule has 0 rings (SSSR count). The third kappa shape index (κ3) is 11.5. The van der Waals surface area contributed by atoms with E-state index in [1.807, 2.05) is 0 Å². The lowest BCUT2D eigenvalue weighted by Crippen LogP contribution is -2.58. The monoisotopic (exact) mass is 491 g/mol. The lowest BCUT2D eigenvalue weighted by molar-refractivity contribution is -0.144. The van der Waals surface area contributed by atoms with E-state index in [9.17, 15) is 33.9 Å². The van der Waals surface area contributed by atoms with Gasteiger partial charge in [0.05, 0.1) is 18.9 Å². The van der Waals surface area contributed by atoms with Crippen LogP contribution in [0.15, 0.2) is 0 Å². The Labute approximate surface area is 195 Å². The Morgan fingerprint density at radius 2 is 1.45 bits per heavy atom. The van der Waals surface area contributed by atoms with Crippen molar-refractivity contribution in [2.75, 3.05) is 12.0 Å². The highest BCUT2D eigenvalue weighted by Gasteiger charge is 2.32. The number of aliphatic carboxylic acids is 2. The number of carboxylic acid groups (broad SMARTS) is 2. The Morgan fingerprint density at radius 3 is 1.91 bits per heavy atom. The van der Waals surface area contributed by atoms with E-state index in [0.717, 1.165) is 0 Å². The number of nitrogens with two attached hydrogens (primary N) is 2. The van der Waals surface area contributed by atoms with E-state index >= 15 is 0 Å². The second kappa shape index (κ2) is 15.1. The third-order valence-corrected chi connectivity index (χ3v) is 5.43. The number of thioether (sulfide) groups is 1. The van der Waals surface area contributed by atoms with Crippen molar-refractivity contribution >= 4 is 47.3 Å². The normalized spacial score (nSPS) is 15.3. The van der Waals surface area contributed by atoms with E-state index in [4.69, 9.17) is 16.6 Å². The molecule has 13 nitrogen and oxygen atoms in total. The Balaban J connectivity index is 5.53. The lowest BCUT2D eigenvalue weighted by atomic mass is 9.98. The van der Waals surface area contributed by atoms with Gasteiger partial charge in [0.1, 0.15) is 18.1 Å². The molecule has 0 bridgehead atoms. The molecule has 0 spiro atoms. The summed E-state index contributed by atoms with van der Waals surface area (Å²) < 4.78 is 0. The fourth-order valence-electron chi connectivity index (χ4n) is 2.68. The summed E-state index contributed by atoms with van der Waals surface area (Å²) in [4.78, 5) is 71.3. The molecule has 14 heteroatoms. The molecule has 188 valence electrons. The van der Waals surface area contributed by atoms with E-state index < -0.39 is 72.6 Å². The molecule has 33 heavy (non-hydrogen) atoms. The SMILES string of the molecule is CCC(C)C(NC(=O)C(CCSC)NC(=O)C(CC(N)=O)NC(=O)C(N)CC(=O)O)C(=O)O. The molecule has 5 unspecified atom stereocenters. The number of carbonyl (C=O) groups is 6. The highest BCUT2D eigenvalue weighted by Crippen LogP contribution is 2.10. The average molecular weight is 492 g/mol. The quantitative estimate of drug-likeness (QED) is 0.125. The molecule has 0 saturated carbocycles. The van der Waals surface area contributed by atoms with Crippen molar-refractivity contribution in [2.45, 2.75) is 63.7 Å². The number of hydrogen-bond donors (Lipinski definition) is 7. The minimum absolute atomic E-state index is 0.140. The van der Waals surface area contributed by atoms with Crippen LogP contribution in [0.3, 0.4) is 0 Å². The summed E-state index contributed by atoms with van der Waals surface area (Å²) in [7, 11) is 0. The number of carbonyl (C=O) groups excluding carboxylic acids is 4. The Kier molecular flexibility index (Phi) is 13.7. The largest absolute Gasteiger partial charge is 0.481 e. The predicted octanol–water partition coefficient (Wildman–Crippen LogP) is -2.00. The molecular formula is C19H33N5O8S. The van der Waals surface area contributed by atoms with Crippen molar-refractivity contribution in [2.24, 2.45) is 17.4 Å². The molecule has 4 amide bonds. The standard InChI is InChI=1S/C19H33N5O8S/c1-4-9(2)15(19(31)32)24-17(29)11(5-6-33-3)22-18(30)12(8-13(21)25)23-16(28)10(20)7-14(26)27/h9-12,15H,4-8,20H2,1-3H3,(H2,21,25)(H,22,30)(H,23,28)(H,24,29)(H,26,27)(H,31,32). The topological polar surface area (TPSA) is 231 Å². The fraction of sp³-hybridized carbons (Fsp3) is 0.684. The van der Waals surface area contributed by atoms with E-state index in [0.29, 0.717) is 12.2 Å². The molecule has 0 saturated heterocycles. The van der Waals surface area contributed by atoms with Gasteiger partial charge in [0.25, 0.3) is 0 Å². The summed E-state index contributed by atoms with van der Waals surface area (Å²) in [5, 5.41) is 25.1. The molecule has 9 N–H and O–H groups in total. The zero-order chi connectivity index (χ0) is 25.7. The smallest absolute Gasteiger partial charge is 0.326 e. The maximum Gasteiger partial charge on any atom is 0.326 e. The average Bonchev–Trinajstić information content (AvgIpc) is 2.72. The van der Waals surface area contributed by atoms with Gasteiger partial charge >= 0.3 is 11.9 Å². The van der Waals surface area contributed by atoms with Crippen LogP contribution in [0, 0.1) is 5.92 Å². The first-order chi connectivity index (χ1) is 15.3. The first-order valence-corrected chi connectivity index (χ1v) is 11.6. The number of hydrogen-bond acceptors (Lipinski definition) is 8. The van der Waals surface area contributed by atoms with Crippen LogP contribution in [0.5, 0.6) is 0 Å². The molecule has 0 aliphatic heterocycles. The molecule has 0 aromatic carbocycles. The van der Waals surface area contributed by atoms with Crippen molar-refractivity contribution < 1.29 is 39.0 Å². The Morgan fingerprint density at radius 1 is 0.909 bits per heavy atom. The lowest BCUT2D eigenvalue weighted by Gasteiger charge is -2.26. The van der Waals surface area contributed by atoms with Gasteiger partial charge in [-0.15, -0.1) is 0 Å². The third-order valence-electron chi connectivity index (χ3n) is 4.79. The van der Waals surface area contributed by atoms with Crippen molar-refractivity contribution in [3.8, 4) is 0 Å². The first kappa shape index (κ1) is 30.1. The van der Waals surface area contributed by atoms with Crippen molar-refractivity contribution in [1.82, 2.24) is 16.0 Å². The summed E-state index contributed by atoms with van der Waals surface area (Å²) in [6, 6.07) is -5.32. The molecule has 0 heterocycles. The molecule has 0 aliphatic carbocycles. The van der Waals surface area contributed by atoms with Crippen LogP contribution in [-0.2, 0) is 28.8 Å². The molecule has 0 aliphatic rings. The van der Waals surface area contributed by atoms with Crippen LogP contribution in [0.25, 0.3) is 0 Å². The van der Waals surface area contributed by atoms with Gasteiger partial charge in [-0.2, -0.15) is 11.8 Å². The van der Waals surface area contributed by atoms with E-state index in [-0.39, 0.29) is 12.3 Å². The number of nitrogens with one attached hydrogen (secondary N) is 3. The minimum atomic E-state index is -1.51. The number of amides is 4. The highest BCUT2D eigenvalue weighted by molar-refractivity contribution is 7.98. The zero-order valence-electron chi connectivity index (χ0n) is 18.8. The predicted molar refractivity (Wildman–Crippen MR) is 120 cm³/mol. The Hall–Kier alpha value is -2.87. The highest BCUT2D eigenvalue weighted by atomic mass is 32.2. The zero-order valence-corrected chi connectivity index (χ0v) is 19.6. The van der Waals surface area contributed by atoms with Crippen molar-refractivity contribution in [1.29, 1.82) is 0 Å². The second-order valence-electron chi connectivity index (χ2n) is 7.49. The van der Waals surface area contributed by atoms with E-state index in [2.05, 4.69) is 16.0 Å². The van der Waals surface area contributed by atoms with Gasteiger partial charge in [0, 0.05) is 0 Å². The molecule has 0 radical (unpaired) electrons. The van der Waals surface area contributed by atoms with Gasteiger partial charge in [0.2, 0.25) is 23.6 Å². The van der Waals surface area contributed by atoms with Gasteiger partial charge in [-0.1, -0.05) is 20.3 Å². The van der Waals surface area contributed by atoms with Crippen LogP contribution >= 0.6 is 11.8 Å². The maximum absolute atomic E-state index is 12.8. The van der Waals surface area contributed by atoms with Gasteiger partial charge in [-0.05, 0) is 24.3 Å². The van der Waals surface area contributed by atoms with E-state index in [1.165, 1.54) is 11.8 Å². The summed E-state index contributed by atoms with van der Waals surface area (Å²) in [6.45, 7) is 3.43. The number of carboxylic acids is 2. The van der Waals surface area contributed by atoms with Gasteiger partial charge in [0.15, 0.2) is 0 Å². The molecule has 0 aromatic heterocycles. The fourth-order valence-corrected chi connectivity index (χ4v) is 3.16. The number of primary amides is 1. The number of rotatable bonds is 16. The molecule has 0 fully saturated rings. The minimum Gasteiger partial charge on any atom is -0.481 e. The van der Waals surface area contributed by atoms with Crippen LogP contribution in [0.1, 0.15) is 39.5 Å². The van der Waals surface area contributed by atoms with Crippen LogP contribution in [0.2, 0.25) is 0 Å². The maximum atomic E-state index is 12.8.